The fourth-order valence-corrected chi connectivity index (χ4v) is 1.99. The molecule has 2 N–H and O–H groups in total. The Morgan fingerprint density at radius 3 is 2.94 bits per heavy atom. The van der Waals surface area contributed by atoms with E-state index in [1.54, 1.807) is 12.4 Å². The number of nitrogens with zero attached hydrogens (tertiary/aromatic N) is 3. The molecule has 0 aliphatic heterocycles. The van der Waals surface area contributed by atoms with Gasteiger partial charge in [0.15, 0.2) is 5.65 Å². The van der Waals surface area contributed by atoms with Crippen LogP contribution in [0.15, 0.2) is 42.9 Å². The van der Waals surface area contributed by atoms with Crippen molar-refractivity contribution in [3.63, 3.8) is 0 Å². The summed E-state index contributed by atoms with van der Waals surface area (Å²) >= 11 is 0. The standard InChI is InChI=1S/C13H12N4/c1-9-13(10-3-2-4-11(14)7-10)16-12-8-15-5-6-17(9)12/h2-8H,14H2,1H3. The number of fused-ring (bicyclic) bond motifs is 1. The largest absolute Gasteiger partial charge is 0.399 e. The van der Waals surface area contributed by atoms with Crippen molar-refractivity contribution in [2.75, 3.05) is 5.73 Å². The zero-order valence-electron chi connectivity index (χ0n) is 9.46. The van der Waals surface area contributed by atoms with Gasteiger partial charge in [0.05, 0.1) is 11.9 Å². The van der Waals surface area contributed by atoms with Crippen LogP contribution in [0.3, 0.4) is 0 Å². The Hall–Kier alpha value is -2.36. The van der Waals surface area contributed by atoms with Gasteiger partial charge in [-0.3, -0.25) is 4.98 Å². The number of hydrogen-bond acceptors (Lipinski definition) is 3. The van der Waals surface area contributed by atoms with Gasteiger partial charge in [-0.2, -0.15) is 0 Å². The molecular weight excluding hydrogens is 212 g/mol. The Morgan fingerprint density at radius 2 is 2.18 bits per heavy atom. The first kappa shape index (κ1) is 9.84. The van der Waals surface area contributed by atoms with Crippen LogP contribution in [-0.2, 0) is 0 Å². The van der Waals surface area contributed by atoms with E-state index < -0.39 is 0 Å². The number of anilines is 1. The highest BCUT2D eigenvalue weighted by molar-refractivity contribution is 5.68. The van der Waals surface area contributed by atoms with Crippen molar-refractivity contribution in [3.8, 4) is 11.3 Å². The van der Waals surface area contributed by atoms with Gasteiger partial charge in [-0.15, -0.1) is 0 Å². The molecule has 2 heterocycles. The average molecular weight is 224 g/mol. The summed E-state index contributed by atoms with van der Waals surface area (Å²) in [5, 5.41) is 0. The Morgan fingerprint density at radius 1 is 1.29 bits per heavy atom. The van der Waals surface area contributed by atoms with Crippen molar-refractivity contribution in [1.82, 2.24) is 14.4 Å². The molecule has 3 rings (SSSR count). The van der Waals surface area contributed by atoms with Crippen molar-refractivity contribution in [1.29, 1.82) is 0 Å². The predicted molar refractivity (Wildman–Crippen MR) is 67.6 cm³/mol. The monoisotopic (exact) mass is 224 g/mol. The summed E-state index contributed by atoms with van der Waals surface area (Å²) in [6, 6.07) is 7.75. The Bertz CT molecular complexity index is 685. The molecule has 0 radical (unpaired) electrons. The van der Waals surface area contributed by atoms with Crippen molar-refractivity contribution >= 4 is 11.3 Å². The molecule has 0 aliphatic rings. The number of aryl methyl sites for hydroxylation is 1. The molecule has 17 heavy (non-hydrogen) atoms. The van der Waals surface area contributed by atoms with E-state index >= 15 is 0 Å². The molecule has 0 saturated carbocycles. The van der Waals surface area contributed by atoms with E-state index in [1.165, 1.54) is 0 Å². The fraction of sp³-hybridized carbons (Fsp3) is 0.0769. The minimum Gasteiger partial charge on any atom is -0.399 e. The highest BCUT2D eigenvalue weighted by atomic mass is 15.0. The molecule has 1 aromatic carbocycles. The quantitative estimate of drug-likeness (QED) is 0.645. The van der Waals surface area contributed by atoms with Gasteiger partial charge < -0.3 is 10.1 Å². The third-order valence-electron chi connectivity index (χ3n) is 2.83. The van der Waals surface area contributed by atoms with Gasteiger partial charge in [-0.05, 0) is 19.1 Å². The first-order valence-electron chi connectivity index (χ1n) is 5.40. The lowest BCUT2D eigenvalue weighted by molar-refractivity contribution is 1.08. The molecule has 0 saturated heterocycles. The van der Waals surface area contributed by atoms with Gasteiger partial charge in [0, 0.05) is 29.3 Å². The Labute approximate surface area is 98.8 Å². The van der Waals surface area contributed by atoms with Gasteiger partial charge in [-0.1, -0.05) is 12.1 Å². The molecule has 0 amide bonds. The lowest BCUT2D eigenvalue weighted by Crippen LogP contribution is -1.88. The van der Waals surface area contributed by atoms with Crippen LogP contribution in [-0.4, -0.2) is 14.4 Å². The summed E-state index contributed by atoms with van der Waals surface area (Å²) in [5.41, 5.74) is 10.5. The highest BCUT2D eigenvalue weighted by Crippen LogP contribution is 2.24. The number of nitrogens with two attached hydrogens (primary N) is 1. The highest BCUT2D eigenvalue weighted by Gasteiger charge is 2.09. The van der Waals surface area contributed by atoms with E-state index in [4.69, 9.17) is 5.73 Å². The first-order valence-corrected chi connectivity index (χ1v) is 5.40. The van der Waals surface area contributed by atoms with E-state index in [-0.39, 0.29) is 0 Å². The van der Waals surface area contributed by atoms with Gasteiger partial charge in [0.1, 0.15) is 0 Å². The summed E-state index contributed by atoms with van der Waals surface area (Å²) < 4.78 is 2.02. The molecule has 0 fully saturated rings. The third-order valence-corrected chi connectivity index (χ3v) is 2.83. The van der Waals surface area contributed by atoms with E-state index in [0.717, 1.165) is 28.3 Å². The maximum Gasteiger partial charge on any atom is 0.156 e. The van der Waals surface area contributed by atoms with Crippen molar-refractivity contribution in [2.45, 2.75) is 6.92 Å². The van der Waals surface area contributed by atoms with Crippen LogP contribution in [0.1, 0.15) is 5.69 Å². The Balaban J connectivity index is 2.27. The van der Waals surface area contributed by atoms with E-state index in [9.17, 15) is 0 Å². The smallest absolute Gasteiger partial charge is 0.156 e. The predicted octanol–water partition coefficient (Wildman–Crippen LogP) is 2.29. The maximum atomic E-state index is 5.79. The number of rotatable bonds is 1. The van der Waals surface area contributed by atoms with Crippen LogP contribution in [0, 0.1) is 6.92 Å². The molecule has 3 aromatic rings. The molecule has 84 valence electrons. The van der Waals surface area contributed by atoms with Crippen LogP contribution < -0.4 is 5.73 Å². The molecule has 4 heteroatoms. The minimum atomic E-state index is 0.747. The summed E-state index contributed by atoms with van der Waals surface area (Å²) in [6.45, 7) is 2.04. The Kier molecular flexibility index (Phi) is 2.08. The second kappa shape index (κ2) is 3.59. The third kappa shape index (κ3) is 1.54. The normalized spacial score (nSPS) is 10.9. The summed E-state index contributed by atoms with van der Waals surface area (Å²) in [4.78, 5) is 8.64. The van der Waals surface area contributed by atoms with E-state index in [1.807, 2.05) is 41.8 Å². The minimum absolute atomic E-state index is 0.747. The van der Waals surface area contributed by atoms with E-state index in [2.05, 4.69) is 9.97 Å². The van der Waals surface area contributed by atoms with Gasteiger partial charge in [-0.25, -0.2) is 4.98 Å². The van der Waals surface area contributed by atoms with Crippen molar-refractivity contribution in [3.05, 3.63) is 48.5 Å². The number of benzene rings is 1. The van der Waals surface area contributed by atoms with Gasteiger partial charge in [0.2, 0.25) is 0 Å². The molecule has 0 bridgehead atoms. The zero-order chi connectivity index (χ0) is 11.8. The van der Waals surface area contributed by atoms with Crippen LogP contribution >= 0.6 is 0 Å². The molecule has 0 atom stereocenters. The fourth-order valence-electron chi connectivity index (χ4n) is 1.99. The van der Waals surface area contributed by atoms with Crippen LogP contribution in [0.5, 0.6) is 0 Å². The molecular formula is C13H12N4. The summed E-state index contributed by atoms with van der Waals surface area (Å²) in [7, 11) is 0. The van der Waals surface area contributed by atoms with Crippen LogP contribution in [0.25, 0.3) is 16.9 Å². The van der Waals surface area contributed by atoms with Crippen molar-refractivity contribution < 1.29 is 0 Å². The average Bonchev–Trinajstić information content (AvgIpc) is 2.68. The summed E-state index contributed by atoms with van der Waals surface area (Å²) in [5.74, 6) is 0. The van der Waals surface area contributed by atoms with E-state index in [0.29, 0.717) is 0 Å². The molecule has 0 unspecified atom stereocenters. The first-order chi connectivity index (χ1) is 8.25. The van der Waals surface area contributed by atoms with Crippen LogP contribution in [0.2, 0.25) is 0 Å². The van der Waals surface area contributed by atoms with Crippen LogP contribution in [0.4, 0.5) is 5.69 Å². The van der Waals surface area contributed by atoms with Gasteiger partial charge >= 0.3 is 0 Å². The number of aromatic nitrogens is 3. The topological polar surface area (TPSA) is 56.2 Å². The summed E-state index contributed by atoms with van der Waals surface area (Å²) in [6.07, 6.45) is 5.42. The second-order valence-corrected chi connectivity index (χ2v) is 3.98. The number of nitrogen functional groups attached to an aromatic ring is 1. The molecule has 0 aliphatic carbocycles. The molecule has 4 nitrogen and oxygen atoms in total. The van der Waals surface area contributed by atoms with Gasteiger partial charge in [0.25, 0.3) is 0 Å². The zero-order valence-corrected chi connectivity index (χ0v) is 9.46. The number of hydrogen-bond donors (Lipinski definition) is 1. The second-order valence-electron chi connectivity index (χ2n) is 3.98. The maximum absolute atomic E-state index is 5.79. The molecule has 0 spiro atoms. The SMILES string of the molecule is Cc1c(-c2cccc(N)c2)nc2cnccn12. The molecule has 2 aromatic heterocycles. The number of imidazole rings is 1. The van der Waals surface area contributed by atoms with Crippen molar-refractivity contribution in [2.24, 2.45) is 0 Å². The lowest BCUT2D eigenvalue weighted by Gasteiger charge is -2.00. The lowest BCUT2D eigenvalue weighted by atomic mass is 10.1.